The zero-order valence-electron chi connectivity index (χ0n) is 15.8. The molecule has 1 amide bonds. The summed E-state index contributed by atoms with van der Waals surface area (Å²) >= 11 is 0. The van der Waals surface area contributed by atoms with E-state index in [9.17, 15) is 4.79 Å². The molecule has 9 heteroatoms. The van der Waals surface area contributed by atoms with E-state index >= 15 is 0 Å². The fourth-order valence-corrected chi connectivity index (χ4v) is 3.40. The Hall–Kier alpha value is -3.59. The first kappa shape index (κ1) is 18.8. The van der Waals surface area contributed by atoms with Crippen LogP contribution in [0.5, 0.6) is 0 Å². The quantitative estimate of drug-likeness (QED) is 0.612. The molecule has 1 atom stereocenters. The fraction of sp³-hybridized carbons (Fsp3) is 0.250. The van der Waals surface area contributed by atoms with Crippen molar-refractivity contribution >= 4 is 23.1 Å². The number of pyridine rings is 2. The Labute approximate surface area is 168 Å². The van der Waals surface area contributed by atoms with Crippen LogP contribution in [0.15, 0.2) is 49.2 Å². The Balaban J connectivity index is 1.61. The highest BCUT2D eigenvalue weighted by molar-refractivity contribution is 6.07. The van der Waals surface area contributed by atoms with Gasteiger partial charge in [-0.1, -0.05) is 0 Å². The van der Waals surface area contributed by atoms with Crippen LogP contribution >= 0.6 is 0 Å². The van der Waals surface area contributed by atoms with Crippen molar-refractivity contribution in [1.82, 2.24) is 19.9 Å². The minimum atomic E-state index is -0.443. The fourth-order valence-electron chi connectivity index (χ4n) is 3.40. The van der Waals surface area contributed by atoms with E-state index in [4.69, 9.17) is 11.5 Å². The van der Waals surface area contributed by atoms with Crippen molar-refractivity contribution in [3.8, 4) is 11.3 Å². The van der Waals surface area contributed by atoms with Crippen molar-refractivity contribution in [1.29, 1.82) is 0 Å². The van der Waals surface area contributed by atoms with Crippen LogP contribution in [0.1, 0.15) is 23.3 Å². The summed E-state index contributed by atoms with van der Waals surface area (Å²) in [7, 11) is 0. The summed E-state index contributed by atoms with van der Waals surface area (Å²) in [6.45, 7) is 1.60. The van der Waals surface area contributed by atoms with Gasteiger partial charge in [-0.2, -0.15) is 0 Å². The molecule has 0 saturated carbocycles. The molecule has 5 N–H and O–H groups in total. The number of nitrogen functional groups attached to an aromatic ring is 1. The van der Waals surface area contributed by atoms with Gasteiger partial charge in [0.25, 0.3) is 5.91 Å². The Morgan fingerprint density at radius 3 is 2.72 bits per heavy atom. The van der Waals surface area contributed by atoms with Crippen LogP contribution in [-0.4, -0.2) is 45.0 Å². The number of aromatic nitrogens is 4. The first-order valence-electron chi connectivity index (χ1n) is 9.40. The molecule has 4 rings (SSSR count). The number of anilines is 3. The molecule has 1 saturated heterocycles. The van der Waals surface area contributed by atoms with Gasteiger partial charge in [0.2, 0.25) is 0 Å². The maximum absolute atomic E-state index is 12.9. The number of hydrogen-bond donors (Lipinski definition) is 3. The third-order valence-electron chi connectivity index (χ3n) is 4.84. The largest absolute Gasteiger partial charge is 0.382 e. The zero-order valence-corrected chi connectivity index (χ0v) is 15.8. The minimum Gasteiger partial charge on any atom is -0.382 e. The number of hydrogen-bond acceptors (Lipinski definition) is 8. The smallest absolute Gasteiger partial charge is 0.278 e. The number of nitrogens with one attached hydrogen (secondary N) is 1. The minimum absolute atomic E-state index is 0.0597. The van der Waals surface area contributed by atoms with Gasteiger partial charge in [-0.3, -0.25) is 14.8 Å². The molecule has 0 aliphatic carbocycles. The molecule has 0 aromatic carbocycles. The number of piperidine rings is 1. The van der Waals surface area contributed by atoms with E-state index in [2.05, 4.69) is 30.2 Å². The Bertz CT molecular complexity index is 1010. The number of carbonyl (C=O) groups is 1. The summed E-state index contributed by atoms with van der Waals surface area (Å²) in [6.07, 6.45) is 10.1. The molecule has 1 fully saturated rings. The molecule has 1 unspecified atom stereocenters. The van der Waals surface area contributed by atoms with Gasteiger partial charge < -0.3 is 21.7 Å². The standard InChI is InChI=1S/C20H22N8O/c21-14-2-1-9-28(12-14)17-5-8-24-10-16(17)27-20(29)18-19(22)25-11-15(26-18)13-3-6-23-7-4-13/h3-8,10-11,14H,1-2,9,12,21H2,(H2,22,25)(H,27,29). The van der Waals surface area contributed by atoms with E-state index in [1.807, 2.05) is 6.07 Å². The van der Waals surface area contributed by atoms with Crippen molar-refractivity contribution in [3.05, 3.63) is 54.9 Å². The summed E-state index contributed by atoms with van der Waals surface area (Å²) in [5, 5.41) is 2.88. The summed E-state index contributed by atoms with van der Waals surface area (Å²) in [5.74, 6) is -0.382. The molecule has 0 bridgehead atoms. The van der Waals surface area contributed by atoms with Crippen molar-refractivity contribution < 1.29 is 4.79 Å². The lowest BCUT2D eigenvalue weighted by Crippen LogP contribution is -2.43. The second kappa shape index (κ2) is 8.19. The van der Waals surface area contributed by atoms with Crippen LogP contribution in [0.4, 0.5) is 17.2 Å². The predicted octanol–water partition coefficient (Wildman–Crippen LogP) is 1.70. The Morgan fingerprint density at radius 1 is 1.14 bits per heavy atom. The zero-order chi connectivity index (χ0) is 20.2. The maximum Gasteiger partial charge on any atom is 0.278 e. The molecule has 1 aliphatic rings. The van der Waals surface area contributed by atoms with Crippen LogP contribution in [0.25, 0.3) is 11.3 Å². The lowest BCUT2D eigenvalue weighted by atomic mass is 10.1. The second-order valence-corrected chi connectivity index (χ2v) is 6.92. The lowest BCUT2D eigenvalue weighted by Gasteiger charge is -2.33. The summed E-state index contributed by atoms with van der Waals surface area (Å²) in [4.78, 5) is 31.8. The van der Waals surface area contributed by atoms with Gasteiger partial charge in [-0.25, -0.2) is 9.97 Å². The lowest BCUT2D eigenvalue weighted by molar-refractivity contribution is 0.102. The van der Waals surface area contributed by atoms with Crippen LogP contribution < -0.4 is 21.7 Å². The number of nitrogens with two attached hydrogens (primary N) is 2. The molecule has 29 heavy (non-hydrogen) atoms. The molecular formula is C20H22N8O. The molecule has 3 aromatic rings. The predicted molar refractivity (Wildman–Crippen MR) is 111 cm³/mol. The molecule has 148 valence electrons. The number of amides is 1. The first-order chi connectivity index (χ1) is 14.1. The molecule has 9 nitrogen and oxygen atoms in total. The monoisotopic (exact) mass is 390 g/mol. The van der Waals surface area contributed by atoms with Gasteiger partial charge in [-0.05, 0) is 31.0 Å². The molecular weight excluding hydrogens is 368 g/mol. The third-order valence-corrected chi connectivity index (χ3v) is 4.84. The van der Waals surface area contributed by atoms with Crippen LogP contribution in [0.2, 0.25) is 0 Å². The van der Waals surface area contributed by atoms with E-state index in [1.165, 1.54) is 6.20 Å². The van der Waals surface area contributed by atoms with Gasteiger partial charge in [0.05, 0.1) is 29.5 Å². The van der Waals surface area contributed by atoms with Gasteiger partial charge in [0, 0.05) is 43.3 Å². The number of rotatable bonds is 4. The van der Waals surface area contributed by atoms with E-state index in [0.29, 0.717) is 11.4 Å². The van der Waals surface area contributed by atoms with Gasteiger partial charge in [0.1, 0.15) is 0 Å². The average molecular weight is 390 g/mol. The van der Waals surface area contributed by atoms with E-state index in [0.717, 1.165) is 37.2 Å². The molecule has 1 aliphatic heterocycles. The highest BCUT2D eigenvalue weighted by Gasteiger charge is 2.21. The van der Waals surface area contributed by atoms with Crippen LogP contribution in [0.3, 0.4) is 0 Å². The van der Waals surface area contributed by atoms with E-state index in [1.54, 1.807) is 36.9 Å². The second-order valence-electron chi connectivity index (χ2n) is 6.92. The van der Waals surface area contributed by atoms with E-state index < -0.39 is 5.91 Å². The molecule has 0 radical (unpaired) electrons. The molecule has 4 heterocycles. The van der Waals surface area contributed by atoms with Gasteiger partial charge >= 0.3 is 0 Å². The third kappa shape index (κ3) is 4.14. The average Bonchev–Trinajstić information content (AvgIpc) is 2.75. The Kier molecular flexibility index (Phi) is 5.30. The van der Waals surface area contributed by atoms with Gasteiger partial charge in [-0.15, -0.1) is 0 Å². The topological polar surface area (TPSA) is 136 Å². The van der Waals surface area contributed by atoms with Gasteiger partial charge in [0.15, 0.2) is 11.5 Å². The van der Waals surface area contributed by atoms with Crippen LogP contribution in [-0.2, 0) is 0 Å². The number of nitrogens with zero attached hydrogens (tertiary/aromatic N) is 5. The highest BCUT2D eigenvalue weighted by atomic mass is 16.1. The maximum atomic E-state index is 12.9. The van der Waals surface area contributed by atoms with Crippen molar-refractivity contribution in [2.24, 2.45) is 5.73 Å². The first-order valence-corrected chi connectivity index (χ1v) is 9.40. The molecule has 0 spiro atoms. The number of carbonyl (C=O) groups excluding carboxylic acids is 1. The highest BCUT2D eigenvalue weighted by Crippen LogP contribution is 2.28. The molecule has 3 aromatic heterocycles. The Morgan fingerprint density at radius 2 is 1.93 bits per heavy atom. The normalized spacial score (nSPS) is 16.4. The summed E-state index contributed by atoms with van der Waals surface area (Å²) in [5.41, 5.74) is 14.9. The summed E-state index contributed by atoms with van der Waals surface area (Å²) in [6, 6.07) is 5.57. The SMILES string of the molecule is Nc1ncc(-c2ccncc2)nc1C(=O)Nc1cnccc1N1CCCC(N)C1. The van der Waals surface area contributed by atoms with Crippen molar-refractivity contribution in [2.45, 2.75) is 18.9 Å². The van der Waals surface area contributed by atoms with Crippen LogP contribution in [0, 0.1) is 0 Å². The summed E-state index contributed by atoms with van der Waals surface area (Å²) < 4.78 is 0. The van der Waals surface area contributed by atoms with E-state index in [-0.39, 0.29) is 17.6 Å². The van der Waals surface area contributed by atoms with Crippen molar-refractivity contribution in [2.75, 3.05) is 29.0 Å². The van der Waals surface area contributed by atoms with Crippen molar-refractivity contribution in [3.63, 3.8) is 0 Å².